The highest BCUT2D eigenvalue weighted by atomic mass is 19.1. The first-order valence-corrected chi connectivity index (χ1v) is 5.56. The van der Waals surface area contributed by atoms with Crippen LogP contribution in [-0.4, -0.2) is 40.0 Å². The maximum absolute atomic E-state index is 13.5. The number of rotatable bonds is 5. The number of nitrogens with one attached hydrogen (secondary N) is 1. The Bertz CT molecular complexity index is 549. The van der Waals surface area contributed by atoms with Gasteiger partial charge in [0, 0.05) is 18.7 Å². The largest absolute Gasteiger partial charge is 0.480 e. The van der Waals surface area contributed by atoms with Gasteiger partial charge in [-0.25, -0.2) is 9.18 Å². The van der Waals surface area contributed by atoms with Crippen LogP contribution in [0.25, 0.3) is 0 Å². The van der Waals surface area contributed by atoms with Gasteiger partial charge in [0.15, 0.2) is 0 Å². The van der Waals surface area contributed by atoms with Gasteiger partial charge in [-0.05, 0) is 13.0 Å². The molecular formula is C11H12FN3O5. The standard InChI is InChI=1S/C11H12FN3O5/c1-2-14(6-10(16)17)11(18)13-9-5-7(15(19)20)3-4-8(9)12/h3-5H,2,6H2,1H3,(H,13,18)(H,16,17). The summed E-state index contributed by atoms with van der Waals surface area (Å²) < 4.78 is 13.5. The molecule has 2 amide bonds. The van der Waals surface area contributed by atoms with Gasteiger partial charge in [0.05, 0.1) is 10.6 Å². The lowest BCUT2D eigenvalue weighted by atomic mass is 10.2. The minimum Gasteiger partial charge on any atom is -0.480 e. The normalized spacial score (nSPS) is 9.90. The van der Waals surface area contributed by atoms with Crippen molar-refractivity contribution in [3.05, 3.63) is 34.1 Å². The van der Waals surface area contributed by atoms with E-state index < -0.39 is 29.3 Å². The number of nitro groups is 1. The number of carboxylic acid groups (broad SMARTS) is 1. The van der Waals surface area contributed by atoms with E-state index in [1.54, 1.807) is 6.92 Å². The maximum atomic E-state index is 13.5. The van der Waals surface area contributed by atoms with Crippen LogP contribution in [-0.2, 0) is 4.79 Å². The SMILES string of the molecule is CCN(CC(=O)O)C(=O)Nc1cc([N+](=O)[O-])ccc1F. The predicted molar refractivity (Wildman–Crippen MR) is 67.0 cm³/mol. The van der Waals surface area contributed by atoms with E-state index >= 15 is 0 Å². The van der Waals surface area contributed by atoms with Gasteiger partial charge in [0.2, 0.25) is 0 Å². The molecule has 0 saturated heterocycles. The first-order chi connectivity index (χ1) is 9.35. The van der Waals surface area contributed by atoms with Crippen molar-refractivity contribution in [1.29, 1.82) is 0 Å². The highest BCUT2D eigenvalue weighted by Gasteiger charge is 2.18. The van der Waals surface area contributed by atoms with Crippen LogP contribution in [0.2, 0.25) is 0 Å². The van der Waals surface area contributed by atoms with Crippen molar-refractivity contribution in [2.45, 2.75) is 6.92 Å². The number of likely N-dealkylation sites (N-methyl/N-ethyl adjacent to an activating group) is 1. The van der Waals surface area contributed by atoms with Crippen LogP contribution in [0.3, 0.4) is 0 Å². The Balaban J connectivity index is 2.91. The van der Waals surface area contributed by atoms with Gasteiger partial charge in [0.1, 0.15) is 12.4 Å². The van der Waals surface area contributed by atoms with E-state index in [1.807, 2.05) is 0 Å². The summed E-state index contributed by atoms with van der Waals surface area (Å²) in [7, 11) is 0. The molecule has 108 valence electrons. The molecule has 0 unspecified atom stereocenters. The Labute approximate surface area is 113 Å². The average molecular weight is 285 g/mol. The number of aliphatic carboxylic acids is 1. The van der Waals surface area contributed by atoms with Gasteiger partial charge in [-0.2, -0.15) is 0 Å². The van der Waals surface area contributed by atoms with Gasteiger partial charge in [-0.1, -0.05) is 0 Å². The number of hydrogen-bond acceptors (Lipinski definition) is 4. The quantitative estimate of drug-likeness (QED) is 0.631. The van der Waals surface area contributed by atoms with Gasteiger partial charge in [-0.3, -0.25) is 14.9 Å². The number of amides is 2. The smallest absolute Gasteiger partial charge is 0.323 e. The Hall–Kier alpha value is -2.71. The van der Waals surface area contributed by atoms with E-state index in [9.17, 15) is 24.1 Å². The van der Waals surface area contributed by atoms with Gasteiger partial charge < -0.3 is 15.3 Å². The molecule has 0 aliphatic rings. The molecule has 0 heterocycles. The van der Waals surface area contributed by atoms with Crippen molar-refractivity contribution in [3.63, 3.8) is 0 Å². The van der Waals surface area contributed by atoms with Crippen molar-refractivity contribution in [2.24, 2.45) is 0 Å². The van der Waals surface area contributed by atoms with Gasteiger partial charge >= 0.3 is 12.0 Å². The lowest BCUT2D eigenvalue weighted by molar-refractivity contribution is -0.384. The second-order valence-corrected chi connectivity index (χ2v) is 3.76. The van der Waals surface area contributed by atoms with Crippen molar-refractivity contribution >= 4 is 23.4 Å². The van der Waals surface area contributed by atoms with E-state index in [0.29, 0.717) is 0 Å². The molecule has 20 heavy (non-hydrogen) atoms. The molecule has 0 spiro atoms. The third-order valence-corrected chi connectivity index (χ3v) is 2.40. The zero-order valence-electron chi connectivity index (χ0n) is 10.5. The zero-order chi connectivity index (χ0) is 15.3. The summed E-state index contributed by atoms with van der Waals surface area (Å²) in [4.78, 5) is 33.0. The summed E-state index contributed by atoms with van der Waals surface area (Å²) in [5.41, 5.74) is -0.768. The molecule has 0 bridgehead atoms. The predicted octanol–water partition coefficient (Wildman–Crippen LogP) is 1.67. The highest BCUT2D eigenvalue weighted by molar-refractivity contribution is 5.91. The maximum Gasteiger partial charge on any atom is 0.323 e. The van der Waals surface area contributed by atoms with Crippen LogP contribution in [0.1, 0.15) is 6.92 Å². The van der Waals surface area contributed by atoms with Crippen molar-refractivity contribution in [3.8, 4) is 0 Å². The molecule has 1 aromatic rings. The van der Waals surface area contributed by atoms with Crippen LogP contribution >= 0.6 is 0 Å². The zero-order valence-corrected chi connectivity index (χ0v) is 10.5. The van der Waals surface area contributed by atoms with Crippen LogP contribution < -0.4 is 5.32 Å². The van der Waals surface area contributed by atoms with E-state index in [-0.39, 0.29) is 17.9 Å². The Kier molecular flexibility index (Phi) is 4.95. The van der Waals surface area contributed by atoms with Crippen LogP contribution in [0.15, 0.2) is 18.2 Å². The average Bonchev–Trinajstić information content (AvgIpc) is 2.37. The molecule has 0 atom stereocenters. The molecule has 0 aliphatic carbocycles. The fourth-order valence-corrected chi connectivity index (χ4v) is 1.41. The van der Waals surface area contributed by atoms with Crippen LogP contribution in [0.5, 0.6) is 0 Å². The molecule has 0 saturated carbocycles. The second-order valence-electron chi connectivity index (χ2n) is 3.76. The first-order valence-electron chi connectivity index (χ1n) is 5.56. The highest BCUT2D eigenvalue weighted by Crippen LogP contribution is 2.21. The number of carbonyl (C=O) groups is 2. The summed E-state index contributed by atoms with van der Waals surface area (Å²) in [6.45, 7) is 1.08. The summed E-state index contributed by atoms with van der Waals surface area (Å²) in [5, 5.41) is 21.3. The van der Waals surface area contributed by atoms with Crippen molar-refractivity contribution in [1.82, 2.24) is 4.90 Å². The lowest BCUT2D eigenvalue weighted by Crippen LogP contribution is -2.38. The fraction of sp³-hybridized carbons (Fsp3) is 0.273. The number of non-ortho nitro benzene ring substituents is 1. The lowest BCUT2D eigenvalue weighted by Gasteiger charge is -2.19. The molecular weight excluding hydrogens is 273 g/mol. The first kappa shape index (κ1) is 15.3. The minimum atomic E-state index is -1.22. The number of anilines is 1. The van der Waals surface area contributed by atoms with E-state index in [1.165, 1.54) is 0 Å². The molecule has 1 rings (SSSR count). The fourth-order valence-electron chi connectivity index (χ4n) is 1.41. The topological polar surface area (TPSA) is 113 Å². The Morgan fingerprint density at radius 1 is 1.50 bits per heavy atom. The van der Waals surface area contributed by atoms with Crippen molar-refractivity contribution in [2.75, 3.05) is 18.4 Å². The number of nitrogens with zero attached hydrogens (tertiary/aromatic N) is 2. The van der Waals surface area contributed by atoms with E-state index in [0.717, 1.165) is 23.1 Å². The van der Waals surface area contributed by atoms with Crippen LogP contribution in [0, 0.1) is 15.9 Å². The summed E-state index contributed by atoms with van der Waals surface area (Å²) >= 11 is 0. The number of nitro benzene ring substituents is 1. The minimum absolute atomic E-state index is 0.0919. The molecule has 0 radical (unpaired) electrons. The molecule has 8 nitrogen and oxygen atoms in total. The second kappa shape index (κ2) is 6.45. The number of hydrogen-bond donors (Lipinski definition) is 2. The van der Waals surface area contributed by atoms with Crippen LogP contribution in [0.4, 0.5) is 20.6 Å². The van der Waals surface area contributed by atoms with E-state index in [2.05, 4.69) is 5.32 Å². The molecule has 0 aromatic heterocycles. The molecule has 2 N–H and O–H groups in total. The van der Waals surface area contributed by atoms with E-state index in [4.69, 9.17) is 5.11 Å². The summed E-state index contributed by atoms with van der Waals surface area (Å²) in [6, 6.07) is 1.82. The number of carbonyl (C=O) groups excluding carboxylic acids is 1. The number of urea groups is 1. The molecule has 9 heteroatoms. The Morgan fingerprint density at radius 2 is 2.15 bits per heavy atom. The van der Waals surface area contributed by atoms with Gasteiger partial charge in [0.25, 0.3) is 5.69 Å². The molecule has 0 fully saturated rings. The summed E-state index contributed by atoms with van der Waals surface area (Å²) in [5.74, 6) is -2.07. The van der Waals surface area contributed by atoms with Crippen molar-refractivity contribution < 1.29 is 24.0 Å². The third kappa shape index (κ3) is 3.90. The summed E-state index contributed by atoms with van der Waals surface area (Å²) in [6.07, 6.45) is 0. The number of carboxylic acids is 1. The van der Waals surface area contributed by atoms with Gasteiger partial charge in [-0.15, -0.1) is 0 Å². The Morgan fingerprint density at radius 3 is 2.65 bits per heavy atom. The number of benzene rings is 1. The molecule has 0 aliphatic heterocycles. The molecule has 1 aromatic carbocycles. The third-order valence-electron chi connectivity index (χ3n) is 2.40. The monoisotopic (exact) mass is 285 g/mol. The number of halogens is 1.